The summed E-state index contributed by atoms with van der Waals surface area (Å²) in [6.07, 6.45) is 3.19. The molecule has 0 unspecified atom stereocenters. The first kappa shape index (κ1) is 24.8. The van der Waals surface area contributed by atoms with Crippen LogP contribution >= 0.6 is 0 Å². The fraction of sp³-hybridized carbons (Fsp3) is 0.345. The van der Waals surface area contributed by atoms with Crippen molar-refractivity contribution < 1.29 is 19.0 Å². The number of piperidine rings is 1. The maximum atomic E-state index is 13.1. The summed E-state index contributed by atoms with van der Waals surface area (Å²) in [5.74, 6) is 1.45. The molecule has 0 radical (unpaired) electrons. The third-order valence-electron chi connectivity index (χ3n) is 6.64. The highest BCUT2D eigenvalue weighted by Crippen LogP contribution is 2.41. The summed E-state index contributed by atoms with van der Waals surface area (Å²) in [7, 11) is 3.29. The molecular formula is C29H34N2O4. The second-order valence-corrected chi connectivity index (χ2v) is 8.81. The van der Waals surface area contributed by atoms with Gasteiger partial charge in [-0.2, -0.15) is 0 Å². The van der Waals surface area contributed by atoms with Gasteiger partial charge in [-0.25, -0.2) is 0 Å². The molecule has 0 spiro atoms. The normalized spacial score (nSPS) is 14.9. The lowest BCUT2D eigenvalue weighted by atomic mass is 9.80. The Hall–Kier alpha value is -3.35. The Morgan fingerprint density at radius 2 is 1.29 bits per heavy atom. The number of amides is 1. The molecule has 1 fully saturated rings. The predicted octanol–water partition coefficient (Wildman–Crippen LogP) is 4.35. The van der Waals surface area contributed by atoms with Crippen molar-refractivity contribution in [1.29, 1.82) is 0 Å². The second-order valence-electron chi connectivity index (χ2n) is 8.81. The zero-order chi connectivity index (χ0) is 24.7. The number of nitrogens with two attached hydrogens (primary N) is 1. The molecule has 1 amide bonds. The Kier molecular flexibility index (Phi) is 8.06. The first-order valence-corrected chi connectivity index (χ1v) is 12.1. The van der Waals surface area contributed by atoms with Crippen molar-refractivity contribution in [1.82, 2.24) is 4.90 Å². The SMILES string of the molecule is COc1ccc(C(OC[C@H](N)C(=O)N2CCCCC2)(c2ccccc2)c2ccc(OC)cc2)cc1. The smallest absolute Gasteiger partial charge is 0.241 e. The van der Waals surface area contributed by atoms with Gasteiger partial charge in [-0.1, -0.05) is 54.6 Å². The van der Waals surface area contributed by atoms with Crippen molar-refractivity contribution in [2.24, 2.45) is 5.73 Å². The van der Waals surface area contributed by atoms with E-state index >= 15 is 0 Å². The van der Waals surface area contributed by atoms with Gasteiger partial charge in [-0.15, -0.1) is 0 Å². The second kappa shape index (κ2) is 11.4. The van der Waals surface area contributed by atoms with Crippen LogP contribution in [0.1, 0.15) is 36.0 Å². The molecule has 0 aromatic heterocycles. The van der Waals surface area contributed by atoms with Crippen molar-refractivity contribution in [3.8, 4) is 11.5 Å². The van der Waals surface area contributed by atoms with E-state index in [1.54, 1.807) is 14.2 Å². The molecule has 0 saturated carbocycles. The number of nitrogens with zero attached hydrogens (tertiary/aromatic N) is 1. The fourth-order valence-corrected chi connectivity index (χ4v) is 4.71. The molecule has 3 aromatic rings. The number of rotatable bonds is 9. The number of ether oxygens (including phenoxy) is 3. The average molecular weight is 475 g/mol. The van der Waals surface area contributed by atoms with Crippen molar-refractivity contribution in [2.45, 2.75) is 30.9 Å². The van der Waals surface area contributed by atoms with Crippen LogP contribution < -0.4 is 15.2 Å². The molecule has 1 aliphatic heterocycles. The van der Waals surface area contributed by atoms with Crippen LogP contribution in [0, 0.1) is 0 Å². The van der Waals surface area contributed by atoms with E-state index in [1.807, 2.05) is 83.8 Å². The highest BCUT2D eigenvalue weighted by molar-refractivity contribution is 5.81. The van der Waals surface area contributed by atoms with Crippen molar-refractivity contribution in [3.63, 3.8) is 0 Å². The molecule has 6 heteroatoms. The Morgan fingerprint density at radius 1 is 0.800 bits per heavy atom. The third-order valence-corrected chi connectivity index (χ3v) is 6.64. The van der Waals surface area contributed by atoms with E-state index in [0.29, 0.717) is 0 Å². The van der Waals surface area contributed by atoms with Crippen LogP contribution in [0.3, 0.4) is 0 Å². The van der Waals surface area contributed by atoms with Gasteiger partial charge in [0.1, 0.15) is 23.1 Å². The van der Waals surface area contributed by atoms with E-state index in [4.69, 9.17) is 19.9 Å². The summed E-state index contributed by atoms with van der Waals surface area (Å²) < 4.78 is 17.5. The number of hydrogen-bond acceptors (Lipinski definition) is 5. The molecule has 0 aliphatic carbocycles. The van der Waals surface area contributed by atoms with Crippen LogP contribution in [0.5, 0.6) is 11.5 Å². The molecule has 4 rings (SSSR count). The van der Waals surface area contributed by atoms with Gasteiger partial charge in [-0.05, 0) is 60.2 Å². The number of carbonyl (C=O) groups excluding carboxylic acids is 1. The highest BCUT2D eigenvalue weighted by Gasteiger charge is 2.39. The van der Waals surface area contributed by atoms with Gasteiger partial charge in [0.15, 0.2) is 0 Å². The topological polar surface area (TPSA) is 74.0 Å². The first-order valence-electron chi connectivity index (χ1n) is 12.1. The zero-order valence-electron chi connectivity index (χ0n) is 20.5. The van der Waals surface area contributed by atoms with Gasteiger partial charge in [-0.3, -0.25) is 4.79 Å². The lowest BCUT2D eigenvalue weighted by molar-refractivity contribution is -0.136. The van der Waals surface area contributed by atoms with E-state index < -0.39 is 11.6 Å². The molecule has 1 saturated heterocycles. The summed E-state index contributed by atoms with van der Waals surface area (Å²) >= 11 is 0. The van der Waals surface area contributed by atoms with Crippen molar-refractivity contribution in [3.05, 3.63) is 95.6 Å². The Bertz CT molecular complexity index is 1030. The van der Waals surface area contributed by atoms with Crippen molar-refractivity contribution >= 4 is 5.91 Å². The van der Waals surface area contributed by atoms with Gasteiger partial charge >= 0.3 is 0 Å². The predicted molar refractivity (Wildman–Crippen MR) is 137 cm³/mol. The van der Waals surface area contributed by atoms with Crippen molar-refractivity contribution in [2.75, 3.05) is 33.9 Å². The molecule has 1 atom stereocenters. The van der Waals surface area contributed by atoms with Gasteiger partial charge < -0.3 is 24.8 Å². The first-order chi connectivity index (χ1) is 17.1. The summed E-state index contributed by atoms with van der Waals surface area (Å²) in [6, 6.07) is 24.9. The summed E-state index contributed by atoms with van der Waals surface area (Å²) in [5.41, 5.74) is 8.20. The number of carbonyl (C=O) groups is 1. The Morgan fingerprint density at radius 3 is 1.77 bits per heavy atom. The molecule has 0 bridgehead atoms. The average Bonchev–Trinajstić information content (AvgIpc) is 2.94. The molecule has 1 aliphatic rings. The van der Waals surface area contributed by atoms with Crippen LogP contribution in [-0.2, 0) is 15.1 Å². The molecular weight excluding hydrogens is 440 g/mol. The number of likely N-dealkylation sites (tertiary alicyclic amines) is 1. The number of methoxy groups -OCH3 is 2. The van der Waals surface area contributed by atoms with Gasteiger partial charge in [0, 0.05) is 13.1 Å². The minimum atomic E-state index is -0.987. The highest BCUT2D eigenvalue weighted by atomic mass is 16.5. The van der Waals surface area contributed by atoms with Gasteiger partial charge in [0.25, 0.3) is 0 Å². The summed E-state index contributed by atoms with van der Waals surface area (Å²) in [6.45, 7) is 1.59. The molecule has 2 N–H and O–H groups in total. The summed E-state index contributed by atoms with van der Waals surface area (Å²) in [4.78, 5) is 14.9. The van der Waals surface area contributed by atoms with Crippen LogP contribution in [-0.4, -0.2) is 50.8 Å². The number of benzene rings is 3. The number of hydrogen-bond donors (Lipinski definition) is 1. The minimum Gasteiger partial charge on any atom is -0.497 e. The van der Waals surface area contributed by atoms with Gasteiger partial charge in [0.2, 0.25) is 5.91 Å². The maximum Gasteiger partial charge on any atom is 0.241 e. The Balaban J connectivity index is 1.76. The minimum absolute atomic E-state index is 0.0591. The van der Waals surface area contributed by atoms with E-state index in [9.17, 15) is 4.79 Å². The fourth-order valence-electron chi connectivity index (χ4n) is 4.71. The Labute approximate surface area is 207 Å². The largest absolute Gasteiger partial charge is 0.497 e. The van der Waals surface area contributed by atoms with E-state index in [-0.39, 0.29) is 12.5 Å². The van der Waals surface area contributed by atoms with Crippen LogP contribution in [0.15, 0.2) is 78.9 Å². The maximum absolute atomic E-state index is 13.1. The molecule has 184 valence electrons. The molecule has 6 nitrogen and oxygen atoms in total. The lowest BCUT2D eigenvalue weighted by Gasteiger charge is -2.37. The van der Waals surface area contributed by atoms with Crippen LogP contribution in [0.25, 0.3) is 0 Å². The summed E-state index contributed by atoms with van der Waals surface area (Å²) in [5, 5.41) is 0. The van der Waals surface area contributed by atoms with Gasteiger partial charge in [0.05, 0.1) is 20.8 Å². The monoisotopic (exact) mass is 474 g/mol. The van der Waals surface area contributed by atoms with Crippen LogP contribution in [0.4, 0.5) is 0 Å². The van der Waals surface area contributed by atoms with E-state index in [0.717, 1.165) is 60.5 Å². The lowest BCUT2D eigenvalue weighted by Crippen LogP contribution is -2.49. The molecule has 3 aromatic carbocycles. The quantitative estimate of drug-likeness (QED) is 0.467. The molecule has 35 heavy (non-hydrogen) atoms. The van der Waals surface area contributed by atoms with E-state index in [2.05, 4.69) is 0 Å². The standard InChI is InChI=1S/C29H34N2O4/c1-33-25-15-11-23(12-16-25)29(22-9-5-3-6-10-22,24-13-17-26(34-2)18-14-24)35-21-27(30)28(32)31-19-7-4-8-20-31/h3,5-6,9-18,27H,4,7-8,19-21,30H2,1-2H3/t27-/m0/s1. The third kappa shape index (κ3) is 5.34. The van der Waals surface area contributed by atoms with E-state index in [1.165, 1.54) is 0 Å². The van der Waals surface area contributed by atoms with Crippen LogP contribution in [0.2, 0.25) is 0 Å². The molecule has 1 heterocycles. The zero-order valence-corrected chi connectivity index (χ0v) is 20.5.